The molecule has 0 radical (unpaired) electrons. The highest BCUT2D eigenvalue weighted by Gasteiger charge is 2.30. The van der Waals surface area contributed by atoms with Gasteiger partial charge in [-0.1, -0.05) is 12.1 Å². The minimum atomic E-state index is -4.43. The van der Waals surface area contributed by atoms with E-state index in [1.165, 1.54) is 7.11 Å². The molecule has 0 saturated heterocycles. The van der Waals surface area contributed by atoms with Gasteiger partial charge in [-0.05, 0) is 12.1 Å². The second kappa shape index (κ2) is 6.47. The van der Waals surface area contributed by atoms with Crippen LogP contribution in [0.3, 0.4) is 0 Å². The summed E-state index contributed by atoms with van der Waals surface area (Å²) < 4.78 is 41.6. The van der Waals surface area contributed by atoms with E-state index in [4.69, 9.17) is 4.74 Å². The van der Waals surface area contributed by atoms with E-state index in [0.29, 0.717) is 0 Å². The molecule has 0 amide bonds. The van der Waals surface area contributed by atoms with Gasteiger partial charge in [-0.15, -0.1) is 0 Å². The van der Waals surface area contributed by atoms with Gasteiger partial charge in [-0.3, -0.25) is 9.59 Å². The van der Waals surface area contributed by atoms with Crippen molar-refractivity contribution in [2.75, 3.05) is 13.7 Å². The molecule has 0 aliphatic carbocycles. The lowest BCUT2D eigenvalue weighted by Gasteiger charge is -2.07. The number of carbonyl (C=O) groups is 2. The standard InChI is InChI=1S/C13H13F3O3/c1-19-7-6-11(17)8-12(18)9-2-4-10(5-3-9)13(14,15)16/h2-5H,6-8H2,1H3. The van der Waals surface area contributed by atoms with Crippen molar-refractivity contribution in [3.05, 3.63) is 35.4 Å². The van der Waals surface area contributed by atoms with Crippen molar-refractivity contribution in [2.45, 2.75) is 19.0 Å². The van der Waals surface area contributed by atoms with E-state index in [2.05, 4.69) is 0 Å². The van der Waals surface area contributed by atoms with Gasteiger partial charge < -0.3 is 4.74 Å². The van der Waals surface area contributed by atoms with Gasteiger partial charge in [0.1, 0.15) is 5.78 Å². The van der Waals surface area contributed by atoms with Crippen LogP contribution in [0.4, 0.5) is 13.2 Å². The Hall–Kier alpha value is -1.69. The maximum atomic E-state index is 12.3. The number of hydrogen-bond acceptors (Lipinski definition) is 3. The molecule has 3 nitrogen and oxygen atoms in total. The lowest BCUT2D eigenvalue weighted by atomic mass is 10.0. The summed E-state index contributed by atoms with van der Waals surface area (Å²) in [4.78, 5) is 23.0. The van der Waals surface area contributed by atoms with Crippen molar-refractivity contribution in [2.24, 2.45) is 0 Å². The minimum Gasteiger partial charge on any atom is -0.384 e. The Balaban J connectivity index is 2.66. The van der Waals surface area contributed by atoms with Gasteiger partial charge >= 0.3 is 6.18 Å². The Morgan fingerprint density at radius 1 is 1.16 bits per heavy atom. The van der Waals surface area contributed by atoms with E-state index < -0.39 is 17.5 Å². The second-order valence-electron chi connectivity index (χ2n) is 3.96. The first-order chi connectivity index (χ1) is 8.84. The summed E-state index contributed by atoms with van der Waals surface area (Å²) in [5, 5.41) is 0. The molecule has 0 aromatic heterocycles. The summed E-state index contributed by atoms with van der Waals surface area (Å²) in [5.41, 5.74) is -0.728. The van der Waals surface area contributed by atoms with E-state index in [1.807, 2.05) is 0 Å². The molecule has 0 heterocycles. The van der Waals surface area contributed by atoms with Crippen LogP contribution in [0.1, 0.15) is 28.8 Å². The average Bonchev–Trinajstić information content (AvgIpc) is 2.35. The third-order valence-electron chi connectivity index (χ3n) is 2.48. The number of alkyl halides is 3. The Bertz CT molecular complexity index is 449. The summed E-state index contributed by atoms with van der Waals surface area (Å²) >= 11 is 0. The van der Waals surface area contributed by atoms with Crippen LogP contribution in [0.25, 0.3) is 0 Å². The topological polar surface area (TPSA) is 43.4 Å². The van der Waals surface area contributed by atoms with E-state index in [9.17, 15) is 22.8 Å². The highest BCUT2D eigenvalue weighted by Crippen LogP contribution is 2.29. The number of halogens is 3. The van der Waals surface area contributed by atoms with Crippen LogP contribution in [0, 0.1) is 0 Å². The lowest BCUT2D eigenvalue weighted by Crippen LogP contribution is -2.11. The molecule has 0 aliphatic rings. The Morgan fingerprint density at radius 2 is 1.74 bits per heavy atom. The molecule has 0 saturated carbocycles. The molecule has 0 N–H and O–H groups in total. The summed E-state index contributed by atoms with van der Waals surface area (Å²) in [6.07, 6.45) is -4.65. The molecular weight excluding hydrogens is 261 g/mol. The number of Topliss-reactive ketones (excluding diaryl/α,β-unsaturated/α-hetero) is 2. The molecule has 1 rings (SSSR count). The normalized spacial score (nSPS) is 11.4. The third-order valence-corrected chi connectivity index (χ3v) is 2.48. The zero-order valence-corrected chi connectivity index (χ0v) is 10.3. The zero-order chi connectivity index (χ0) is 14.5. The SMILES string of the molecule is COCCC(=O)CC(=O)c1ccc(C(F)(F)F)cc1. The number of benzene rings is 1. The van der Waals surface area contributed by atoms with Crippen LogP contribution in [0.15, 0.2) is 24.3 Å². The maximum Gasteiger partial charge on any atom is 0.416 e. The number of hydrogen-bond donors (Lipinski definition) is 0. The summed E-state index contributed by atoms with van der Waals surface area (Å²) in [7, 11) is 1.44. The molecule has 0 spiro atoms. The lowest BCUT2D eigenvalue weighted by molar-refractivity contribution is -0.137. The summed E-state index contributed by atoms with van der Waals surface area (Å²) in [6.45, 7) is 0.221. The first kappa shape index (κ1) is 15.4. The number of carbonyl (C=O) groups excluding carboxylic acids is 2. The van der Waals surface area contributed by atoms with Gasteiger partial charge in [0.15, 0.2) is 5.78 Å². The van der Waals surface area contributed by atoms with Crippen LogP contribution in [-0.4, -0.2) is 25.3 Å². The smallest absolute Gasteiger partial charge is 0.384 e. The van der Waals surface area contributed by atoms with Crippen LogP contribution in [-0.2, 0) is 15.7 Å². The van der Waals surface area contributed by atoms with Crippen molar-refractivity contribution in [1.82, 2.24) is 0 Å². The van der Waals surface area contributed by atoms with E-state index in [-0.39, 0.29) is 30.8 Å². The predicted molar refractivity (Wildman–Crippen MR) is 61.9 cm³/mol. The first-order valence-corrected chi connectivity index (χ1v) is 5.55. The fraction of sp³-hybridized carbons (Fsp3) is 0.385. The zero-order valence-electron chi connectivity index (χ0n) is 10.3. The largest absolute Gasteiger partial charge is 0.416 e. The van der Waals surface area contributed by atoms with E-state index in [0.717, 1.165) is 24.3 Å². The summed E-state index contributed by atoms with van der Waals surface area (Å²) in [6, 6.07) is 3.81. The number of ketones is 2. The molecule has 0 atom stereocenters. The fourth-order valence-electron chi connectivity index (χ4n) is 1.43. The molecule has 19 heavy (non-hydrogen) atoms. The van der Waals surface area contributed by atoms with Crippen molar-refractivity contribution in [3.8, 4) is 0 Å². The monoisotopic (exact) mass is 274 g/mol. The van der Waals surface area contributed by atoms with Gasteiger partial charge in [0.2, 0.25) is 0 Å². The van der Waals surface area contributed by atoms with E-state index in [1.54, 1.807) is 0 Å². The molecular formula is C13H13F3O3. The molecule has 0 bridgehead atoms. The molecule has 1 aromatic carbocycles. The number of rotatable bonds is 6. The molecule has 0 fully saturated rings. The van der Waals surface area contributed by atoms with Gasteiger partial charge in [-0.25, -0.2) is 0 Å². The number of methoxy groups -OCH3 is 1. The Kier molecular flexibility index (Phi) is 5.23. The Morgan fingerprint density at radius 3 is 2.21 bits per heavy atom. The second-order valence-corrected chi connectivity index (χ2v) is 3.96. The predicted octanol–water partition coefficient (Wildman–Crippen LogP) is 2.88. The van der Waals surface area contributed by atoms with Gasteiger partial charge in [-0.2, -0.15) is 13.2 Å². The number of ether oxygens (including phenoxy) is 1. The van der Waals surface area contributed by atoms with Crippen LogP contribution in [0.5, 0.6) is 0 Å². The summed E-state index contributed by atoms with van der Waals surface area (Å²) in [5.74, 6) is -0.790. The van der Waals surface area contributed by atoms with Crippen molar-refractivity contribution in [1.29, 1.82) is 0 Å². The maximum absolute atomic E-state index is 12.3. The molecule has 0 unspecified atom stereocenters. The van der Waals surface area contributed by atoms with Gasteiger partial charge in [0.25, 0.3) is 0 Å². The molecule has 1 aromatic rings. The highest BCUT2D eigenvalue weighted by molar-refractivity contribution is 6.07. The fourth-order valence-corrected chi connectivity index (χ4v) is 1.43. The Labute approximate surface area is 108 Å². The highest BCUT2D eigenvalue weighted by atomic mass is 19.4. The minimum absolute atomic E-state index is 0.0961. The molecule has 0 aliphatic heterocycles. The van der Waals surface area contributed by atoms with Crippen molar-refractivity contribution >= 4 is 11.6 Å². The van der Waals surface area contributed by atoms with Gasteiger partial charge in [0, 0.05) is 19.1 Å². The molecule has 104 valence electrons. The third kappa shape index (κ3) is 4.82. The van der Waals surface area contributed by atoms with Gasteiger partial charge in [0.05, 0.1) is 18.6 Å². The van der Waals surface area contributed by atoms with Crippen LogP contribution < -0.4 is 0 Å². The molecule has 6 heteroatoms. The van der Waals surface area contributed by atoms with E-state index >= 15 is 0 Å². The first-order valence-electron chi connectivity index (χ1n) is 5.55. The van der Waals surface area contributed by atoms with Crippen molar-refractivity contribution in [3.63, 3.8) is 0 Å². The van der Waals surface area contributed by atoms with Crippen LogP contribution >= 0.6 is 0 Å². The van der Waals surface area contributed by atoms with Crippen LogP contribution in [0.2, 0.25) is 0 Å². The van der Waals surface area contributed by atoms with Crippen molar-refractivity contribution < 1.29 is 27.5 Å². The average molecular weight is 274 g/mol. The quantitative estimate of drug-likeness (QED) is 0.591.